The molecule has 0 spiro atoms. The highest BCUT2D eigenvalue weighted by atomic mass is 19.1. The van der Waals surface area contributed by atoms with Crippen LogP contribution in [0.3, 0.4) is 0 Å². The Labute approximate surface area is 112 Å². The highest BCUT2D eigenvalue weighted by molar-refractivity contribution is 5.62. The molecule has 0 fully saturated rings. The second kappa shape index (κ2) is 5.38. The largest absolute Gasteiger partial charge is 0.477 e. The van der Waals surface area contributed by atoms with Crippen LogP contribution in [0.2, 0.25) is 0 Å². The van der Waals surface area contributed by atoms with Crippen LogP contribution in [0.1, 0.15) is 6.92 Å². The van der Waals surface area contributed by atoms with Crippen molar-refractivity contribution < 1.29 is 14.1 Å². The summed E-state index contributed by atoms with van der Waals surface area (Å²) >= 11 is 0. The van der Waals surface area contributed by atoms with Gasteiger partial charge in [0.2, 0.25) is 11.7 Å². The number of nitrogen functional groups attached to an aromatic ring is 1. The van der Waals surface area contributed by atoms with E-state index < -0.39 is 16.4 Å². The van der Waals surface area contributed by atoms with Gasteiger partial charge in [-0.2, -0.15) is 0 Å². The Balaban J connectivity index is 2.24. The number of hydrogen-bond acceptors (Lipinski definition) is 7. The first-order valence-electron chi connectivity index (χ1n) is 5.57. The van der Waals surface area contributed by atoms with E-state index in [1.165, 1.54) is 6.07 Å². The van der Waals surface area contributed by atoms with E-state index >= 15 is 0 Å². The van der Waals surface area contributed by atoms with Crippen molar-refractivity contribution in [2.24, 2.45) is 0 Å². The van der Waals surface area contributed by atoms with Crippen LogP contribution in [-0.2, 0) is 0 Å². The molecule has 0 aliphatic heterocycles. The smallest absolute Gasteiger partial charge is 0.314 e. The van der Waals surface area contributed by atoms with Gasteiger partial charge >= 0.3 is 5.69 Å². The number of H-pyrrole nitrogens is 1. The SMILES string of the molecule is CCOc1cc(Nc2nc(N)c([N+](=O)[O-])cc2F)[nH]n1. The third-order valence-corrected chi connectivity index (χ3v) is 2.28. The lowest BCUT2D eigenvalue weighted by Crippen LogP contribution is -2.04. The molecule has 9 nitrogen and oxygen atoms in total. The van der Waals surface area contributed by atoms with Gasteiger partial charge in [-0.25, -0.2) is 9.37 Å². The van der Waals surface area contributed by atoms with Crippen molar-refractivity contribution in [1.82, 2.24) is 15.2 Å². The molecule has 0 unspecified atom stereocenters. The van der Waals surface area contributed by atoms with Crippen LogP contribution in [0.15, 0.2) is 12.1 Å². The highest BCUT2D eigenvalue weighted by Gasteiger charge is 2.18. The zero-order valence-electron chi connectivity index (χ0n) is 10.4. The van der Waals surface area contributed by atoms with Crippen LogP contribution in [0.5, 0.6) is 5.88 Å². The van der Waals surface area contributed by atoms with Crippen molar-refractivity contribution in [2.45, 2.75) is 6.92 Å². The minimum atomic E-state index is -0.904. The fourth-order valence-corrected chi connectivity index (χ4v) is 1.44. The first kappa shape index (κ1) is 13.5. The molecule has 0 saturated carbocycles. The molecular formula is C10H11FN6O3. The minimum Gasteiger partial charge on any atom is -0.477 e. The number of hydrogen-bond donors (Lipinski definition) is 3. The van der Waals surface area contributed by atoms with Gasteiger partial charge in [0.05, 0.1) is 17.6 Å². The molecule has 10 heteroatoms. The lowest BCUT2D eigenvalue weighted by molar-refractivity contribution is -0.384. The van der Waals surface area contributed by atoms with Gasteiger partial charge in [0.25, 0.3) is 0 Å². The third kappa shape index (κ3) is 2.74. The molecule has 0 atom stereocenters. The average molecular weight is 282 g/mol. The van der Waals surface area contributed by atoms with E-state index in [1.807, 2.05) is 0 Å². The summed E-state index contributed by atoms with van der Waals surface area (Å²) in [7, 11) is 0. The summed E-state index contributed by atoms with van der Waals surface area (Å²) in [6.45, 7) is 2.22. The molecule has 20 heavy (non-hydrogen) atoms. The second-order valence-corrected chi connectivity index (χ2v) is 3.66. The van der Waals surface area contributed by atoms with Crippen LogP contribution in [-0.4, -0.2) is 26.7 Å². The number of anilines is 3. The summed E-state index contributed by atoms with van der Waals surface area (Å²) in [5.74, 6) is -0.903. The van der Waals surface area contributed by atoms with E-state index in [4.69, 9.17) is 10.5 Å². The van der Waals surface area contributed by atoms with Gasteiger partial charge in [0, 0.05) is 6.07 Å². The summed E-state index contributed by atoms with van der Waals surface area (Å²) in [6.07, 6.45) is 0. The molecule has 0 amide bonds. The number of pyridine rings is 1. The maximum absolute atomic E-state index is 13.7. The van der Waals surface area contributed by atoms with E-state index in [0.717, 1.165) is 0 Å². The molecule has 4 N–H and O–H groups in total. The van der Waals surface area contributed by atoms with Gasteiger partial charge in [-0.1, -0.05) is 0 Å². The van der Waals surface area contributed by atoms with Crippen LogP contribution < -0.4 is 15.8 Å². The molecule has 0 radical (unpaired) electrons. The Morgan fingerprint density at radius 1 is 1.60 bits per heavy atom. The van der Waals surface area contributed by atoms with E-state index in [9.17, 15) is 14.5 Å². The van der Waals surface area contributed by atoms with Crippen molar-refractivity contribution in [3.63, 3.8) is 0 Å². The number of halogens is 1. The van der Waals surface area contributed by atoms with Crippen LogP contribution in [0.4, 0.5) is 27.5 Å². The Bertz CT molecular complexity index is 644. The molecule has 0 aliphatic carbocycles. The third-order valence-electron chi connectivity index (χ3n) is 2.28. The van der Waals surface area contributed by atoms with Crippen molar-refractivity contribution in [3.8, 4) is 5.88 Å². The molecule has 0 bridgehead atoms. The van der Waals surface area contributed by atoms with Gasteiger partial charge in [-0.15, -0.1) is 5.10 Å². The number of rotatable bonds is 5. The highest BCUT2D eigenvalue weighted by Crippen LogP contribution is 2.26. The van der Waals surface area contributed by atoms with E-state index in [0.29, 0.717) is 24.4 Å². The minimum absolute atomic E-state index is 0.250. The lowest BCUT2D eigenvalue weighted by Gasteiger charge is -2.05. The van der Waals surface area contributed by atoms with Gasteiger partial charge in [-0.3, -0.25) is 15.2 Å². The molecule has 0 aromatic carbocycles. The number of ether oxygens (including phenoxy) is 1. The molecule has 0 saturated heterocycles. The maximum Gasteiger partial charge on any atom is 0.314 e. The number of nitrogens with one attached hydrogen (secondary N) is 2. The van der Waals surface area contributed by atoms with Crippen molar-refractivity contribution >= 4 is 23.1 Å². The molecule has 2 heterocycles. The van der Waals surface area contributed by atoms with Gasteiger partial charge in [0.1, 0.15) is 5.82 Å². The molecule has 106 valence electrons. The van der Waals surface area contributed by atoms with Crippen LogP contribution in [0, 0.1) is 15.9 Å². The number of aromatic amines is 1. The Kier molecular flexibility index (Phi) is 3.64. The van der Waals surface area contributed by atoms with Crippen LogP contribution in [0.25, 0.3) is 0 Å². The molecule has 0 aliphatic rings. The Hall–Kier alpha value is -2.91. The Morgan fingerprint density at radius 2 is 2.35 bits per heavy atom. The Morgan fingerprint density at radius 3 is 3.00 bits per heavy atom. The zero-order chi connectivity index (χ0) is 14.7. The molecule has 2 aromatic heterocycles. The first-order valence-corrected chi connectivity index (χ1v) is 5.57. The molecular weight excluding hydrogens is 271 g/mol. The number of nitro groups is 1. The van der Waals surface area contributed by atoms with E-state index in [2.05, 4.69) is 20.5 Å². The van der Waals surface area contributed by atoms with E-state index in [-0.39, 0.29) is 11.6 Å². The molecule has 2 aromatic rings. The summed E-state index contributed by atoms with van der Waals surface area (Å²) in [5, 5.41) is 19.5. The summed E-state index contributed by atoms with van der Waals surface area (Å²) in [5.41, 5.74) is 4.80. The van der Waals surface area contributed by atoms with Crippen molar-refractivity contribution in [2.75, 3.05) is 17.7 Å². The van der Waals surface area contributed by atoms with E-state index in [1.54, 1.807) is 6.92 Å². The summed E-state index contributed by atoms with van der Waals surface area (Å²) in [6, 6.07) is 2.19. The number of aromatic nitrogens is 3. The first-order chi connectivity index (χ1) is 9.51. The molecule has 2 rings (SSSR count). The standard InChI is InChI=1S/C10H11FN6O3/c1-2-20-8-4-7(15-16-8)13-10-5(11)3-6(17(18)19)9(12)14-10/h3-4H,2H2,1H3,(H4,12,13,14,15,16). The van der Waals surface area contributed by atoms with Crippen molar-refractivity contribution in [1.29, 1.82) is 0 Å². The fraction of sp³-hybridized carbons (Fsp3) is 0.200. The number of nitrogens with zero attached hydrogens (tertiary/aromatic N) is 3. The summed E-state index contributed by atoms with van der Waals surface area (Å²) in [4.78, 5) is 13.4. The summed E-state index contributed by atoms with van der Waals surface area (Å²) < 4.78 is 18.8. The normalized spacial score (nSPS) is 10.3. The topological polar surface area (TPSA) is 132 Å². The van der Waals surface area contributed by atoms with Crippen LogP contribution >= 0.6 is 0 Å². The fourth-order valence-electron chi connectivity index (χ4n) is 1.44. The quantitative estimate of drug-likeness (QED) is 0.560. The van der Waals surface area contributed by atoms with Crippen molar-refractivity contribution in [3.05, 3.63) is 28.1 Å². The monoisotopic (exact) mass is 282 g/mol. The van der Waals surface area contributed by atoms with Gasteiger partial charge < -0.3 is 15.8 Å². The predicted octanol–water partition coefficient (Wildman–Crippen LogP) is 1.58. The number of nitrogens with two attached hydrogens (primary N) is 1. The zero-order valence-corrected chi connectivity index (χ0v) is 10.4. The predicted molar refractivity (Wildman–Crippen MR) is 68.3 cm³/mol. The average Bonchev–Trinajstić information content (AvgIpc) is 2.81. The second-order valence-electron chi connectivity index (χ2n) is 3.66. The van der Waals surface area contributed by atoms with Gasteiger partial charge in [-0.05, 0) is 6.92 Å². The lowest BCUT2D eigenvalue weighted by atomic mass is 10.3. The van der Waals surface area contributed by atoms with Gasteiger partial charge in [0.15, 0.2) is 11.6 Å². The maximum atomic E-state index is 13.7.